The summed E-state index contributed by atoms with van der Waals surface area (Å²) in [6.45, 7) is 2.25. The molecule has 0 saturated carbocycles. The molecule has 0 aliphatic heterocycles. The Morgan fingerprint density at radius 2 is 2.10 bits per heavy atom. The van der Waals surface area contributed by atoms with Crippen LogP contribution < -0.4 is 5.32 Å². The SMILES string of the molecule is COC1Cc2ccc3ccccc3c2C(CNC(C)=O)C1. The highest BCUT2D eigenvalue weighted by Crippen LogP contribution is 2.37. The Balaban J connectivity index is 2.06. The fourth-order valence-corrected chi connectivity index (χ4v) is 3.40. The van der Waals surface area contributed by atoms with Gasteiger partial charge in [0.25, 0.3) is 0 Å². The average Bonchev–Trinajstić information content (AvgIpc) is 2.51. The Labute approximate surface area is 125 Å². The van der Waals surface area contributed by atoms with E-state index in [4.69, 9.17) is 4.74 Å². The molecule has 0 aromatic heterocycles. The molecule has 0 heterocycles. The first-order valence-electron chi connectivity index (χ1n) is 7.46. The van der Waals surface area contributed by atoms with Gasteiger partial charge in [0, 0.05) is 26.5 Å². The van der Waals surface area contributed by atoms with Gasteiger partial charge in [0.2, 0.25) is 5.91 Å². The maximum Gasteiger partial charge on any atom is 0.216 e. The molecule has 2 atom stereocenters. The molecule has 3 rings (SSSR count). The molecule has 2 aromatic rings. The number of benzene rings is 2. The van der Waals surface area contributed by atoms with Crippen molar-refractivity contribution >= 4 is 16.7 Å². The summed E-state index contributed by atoms with van der Waals surface area (Å²) in [4.78, 5) is 11.3. The molecule has 2 unspecified atom stereocenters. The topological polar surface area (TPSA) is 38.3 Å². The first kappa shape index (κ1) is 14.1. The molecule has 1 amide bonds. The molecule has 1 N–H and O–H groups in total. The van der Waals surface area contributed by atoms with E-state index < -0.39 is 0 Å². The summed E-state index contributed by atoms with van der Waals surface area (Å²) in [5.41, 5.74) is 2.73. The van der Waals surface area contributed by atoms with Crippen molar-refractivity contribution in [2.24, 2.45) is 0 Å². The van der Waals surface area contributed by atoms with E-state index in [1.54, 1.807) is 14.0 Å². The molecule has 2 aromatic carbocycles. The standard InChI is InChI=1S/C18H21NO2/c1-12(20)19-11-15-10-16(21-2)9-14-8-7-13-5-3-4-6-17(13)18(14)15/h3-8,15-16H,9-11H2,1-2H3,(H,19,20). The minimum atomic E-state index is 0.0244. The van der Waals surface area contributed by atoms with Crippen molar-refractivity contribution in [3.8, 4) is 0 Å². The van der Waals surface area contributed by atoms with E-state index in [1.165, 1.54) is 21.9 Å². The first-order chi connectivity index (χ1) is 10.2. The van der Waals surface area contributed by atoms with E-state index in [0.29, 0.717) is 12.5 Å². The first-order valence-corrected chi connectivity index (χ1v) is 7.46. The lowest BCUT2D eigenvalue weighted by molar-refractivity contribution is -0.119. The van der Waals surface area contributed by atoms with Crippen molar-refractivity contribution in [1.82, 2.24) is 5.32 Å². The molecule has 1 aliphatic carbocycles. The van der Waals surface area contributed by atoms with Crippen LogP contribution >= 0.6 is 0 Å². The van der Waals surface area contributed by atoms with E-state index in [1.807, 2.05) is 0 Å². The van der Waals surface area contributed by atoms with E-state index in [9.17, 15) is 4.79 Å². The second kappa shape index (κ2) is 5.86. The lowest BCUT2D eigenvalue weighted by Gasteiger charge is -2.32. The van der Waals surface area contributed by atoms with Gasteiger partial charge in [0.1, 0.15) is 0 Å². The van der Waals surface area contributed by atoms with Gasteiger partial charge in [-0.15, -0.1) is 0 Å². The van der Waals surface area contributed by atoms with Gasteiger partial charge in [-0.2, -0.15) is 0 Å². The lowest BCUT2D eigenvalue weighted by Crippen LogP contribution is -2.33. The van der Waals surface area contributed by atoms with Crippen molar-refractivity contribution in [3.05, 3.63) is 47.5 Å². The van der Waals surface area contributed by atoms with E-state index in [0.717, 1.165) is 12.8 Å². The number of methoxy groups -OCH3 is 1. The third-order valence-electron chi connectivity index (χ3n) is 4.39. The maximum absolute atomic E-state index is 11.3. The largest absolute Gasteiger partial charge is 0.381 e. The van der Waals surface area contributed by atoms with E-state index >= 15 is 0 Å². The summed E-state index contributed by atoms with van der Waals surface area (Å²) < 4.78 is 5.58. The van der Waals surface area contributed by atoms with Gasteiger partial charge in [-0.25, -0.2) is 0 Å². The molecule has 3 heteroatoms. The van der Waals surface area contributed by atoms with Crippen molar-refractivity contribution in [1.29, 1.82) is 0 Å². The summed E-state index contributed by atoms with van der Waals surface area (Å²) in [6, 6.07) is 12.9. The highest BCUT2D eigenvalue weighted by Gasteiger charge is 2.28. The lowest BCUT2D eigenvalue weighted by atomic mass is 9.78. The second-order valence-electron chi connectivity index (χ2n) is 5.79. The maximum atomic E-state index is 11.3. The van der Waals surface area contributed by atoms with Crippen molar-refractivity contribution < 1.29 is 9.53 Å². The van der Waals surface area contributed by atoms with Crippen LogP contribution in [0.5, 0.6) is 0 Å². The van der Waals surface area contributed by atoms with Gasteiger partial charge in [0.15, 0.2) is 0 Å². The summed E-state index contributed by atoms with van der Waals surface area (Å²) >= 11 is 0. The van der Waals surface area contributed by atoms with Crippen LogP contribution in [-0.2, 0) is 16.0 Å². The number of hydrogen-bond acceptors (Lipinski definition) is 2. The smallest absolute Gasteiger partial charge is 0.216 e. The van der Waals surface area contributed by atoms with Crippen molar-refractivity contribution in [2.75, 3.05) is 13.7 Å². The third-order valence-corrected chi connectivity index (χ3v) is 4.39. The zero-order valence-corrected chi connectivity index (χ0v) is 12.6. The van der Waals surface area contributed by atoms with Gasteiger partial charge < -0.3 is 10.1 Å². The van der Waals surface area contributed by atoms with Gasteiger partial charge in [0.05, 0.1) is 6.10 Å². The third kappa shape index (κ3) is 2.79. The Morgan fingerprint density at radius 3 is 2.86 bits per heavy atom. The molecule has 0 saturated heterocycles. The molecule has 1 aliphatic rings. The quantitative estimate of drug-likeness (QED) is 0.940. The molecular weight excluding hydrogens is 262 g/mol. The fourth-order valence-electron chi connectivity index (χ4n) is 3.40. The Hall–Kier alpha value is -1.87. The van der Waals surface area contributed by atoms with Gasteiger partial charge >= 0.3 is 0 Å². The highest BCUT2D eigenvalue weighted by atomic mass is 16.5. The van der Waals surface area contributed by atoms with Crippen LogP contribution in [0.4, 0.5) is 0 Å². The predicted octanol–water partition coefficient (Wildman–Crippen LogP) is 3.02. The number of rotatable bonds is 3. The molecule has 3 nitrogen and oxygen atoms in total. The average molecular weight is 283 g/mol. The summed E-state index contributed by atoms with van der Waals surface area (Å²) in [7, 11) is 1.77. The Morgan fingerprint density at radius 1 is 1.29 bits per heavy atom. The van der Waals surface area contributed by atoms with Crippen LogP contribution in [0.1, 0.15) is 30.4 Å². The van der Waals surface area contributed by atoms with Crippen molar-refractivity contribution in [2.45, 2.75) is 31.8 Å². The second-order valence-corrected chi connectivity index (χ2v) is 5.79. The van der Waals surface area contributed by atoms with Gasteiger partial charge in [-0.3, -0.25) is 4.79 Å². The molecule has 0 bridgehead atoms. The molecule has 21 heavy (non-hydrogen) atoms. The zero-order chi connectivity index (χ0) is 14.8. The summed E-state index contributed by atoms with van der Waals surface area (Å²) in [5, 5.41) is 5.54. The van der Waals surface area contributed by atoms with Gasteiger partial charge in [-0.05, 0) is 34.7 Å². The number of hydrogen-bond donors (Lipinski definition) is 1. The van der Waals surface area contributed by atoms with E-state index in [-0.39, 0.29) is 12.0 Å². The normalized spacial score (nSPS) is 21.0. The number of fused-ring (bicyclic) bond motifs is 3. The van der Waals surface area contributed by atoms with Gasteiger partial charge in [-0.1, -0.05) is 36.4 Å². The minimum absolute atomic E-state index is 0.0244. The molecule has 110 valence electrons. The molecule has 0 spiro atoms. The molecular formula is C18H21NO2. The van der Waals surface area contributed by atoms with Crippen LogP contribution in [0.3, 0.4) is 0 Å². The monoisotopic (exact) mass is 283 g/mol. The zero-order valence-electron chi connectivity index (χ0n) is 12.6. The van der Waals surface area contributed by atoms with Crippen LogP contribution in [-0.4, -0.2) is 25.7 Å². The van der Waals surface area contributed by atoms with Crippen LogP contribution in [0.15, 0.2) is 36.4 Å². The minimum Gasteiger partial charge on any atom is -0.381 e. The van der Waals surface area contributed by atoms with Crippen LogP contribution in [0.25, 0.3) is 10.8 Å². The molecule has 0 fully saturated rings. The summed E-state index contributed by atoms with van der Waals surface area (Å²) in [5.74, 6) is 0.338. The number of nitrogens with one attached hydrogen (secondary N) is 1. The Bertz CT molecular complexity index is 665. The van der Waals surface area contributed by atoms with Crippen LogP contribution in [0.2, 0.25) is 0 Å². The van der Waals surface area contributed by atoms with Crippen molar-refractivity contribution in [3.63, 3.8) is 0 Å². The van der Waals surface area contributed by atoms with Crippen LogP contribution in [0, 0.1) is 0 Å². The molecule has 0 radical (unpaired) electrons. The number of ether oxygens (including phenoxy) is 1. The predicted molar refractivity (Wildman–Crippen MR) is 84.5 cm³/mol. The number of carbonyl (C=O) groups is 1. The summed E-state index contributed by atoms with van der Waals surface area (Å²) in [6.07, 6.45) is 2.14. The number of carbonyl (C=O) groups excluding carboxylic acids is 1. The Kier molecular flexibility index (Phi) is 3.93. The van der Waals surface area contributed by atoms with E-state index in [2.05, 4.69) is 41.7 Å². The highest BCUT2D eigenvalue weighted by molar-refractivity contribution is 5.87. The number of amides is 1. The fraction of sp³-hybridized carbons (Fsp3) is 0.389.